The minimum absolute atomic E-state index is 0.0218. The van der Waals surface area contributed by atoms with Crippen molar-refractivity contribution in [3.8, 4) is 0 Å². The Labute approximate surface area is 520 Å². The summed E-state index contributed by atoms with van der Waals surface area (Å²) in [6.45, 7) is 5.01. The van der Waals surface area contributed by atoms with Crippen molar-refractivity contribution in [3.05, 3.63) is 12.2 Å². The van der Waals surface area contributed by atoms with Crippen molar-refractivity contribution in [3.63, 3.8) is 0 Å². The van der Waals surface area contributed by atoms with E-state index in [0.29, 0.717) is 25.9 Å². The van der Waals surface area contributed by atoms with Gasteiger partial charge < -0.3 is 20.3 Å². The molecule has 0 saturated heterocycles. The Morgan fingerprint density at radius 3 is 0.855 bits per heavy atom. The molecule has 494 valence electrons. The molecule has 3 N–H and O–H groups in total. The summed E-state index contributed by atoms with van der Waals surface area (Å²) in [6, 6.07) is -0.541. The molecule has 0 aromatic carbocycles. The topological polar surface area (TPSA) is 95.9 Å². The fourth-order valence-electron chi connectivity index (χ4n) is 12.5. The lowest BCUT2D eigenvalue weighted by Gasteiger charge is -2.22. The molecule has 83 heavy (non-hydrogen) atoms. The maximum absolute atomic E-state index is 12.6. The van der Waals surface area contributed by atoms with E-state index in [9.17, 15) is 19.8 Å². The van der Waals surface area contributed by atoms with Crippen LogP contribution in [0.25, 0.3) is 0 Å². The minimum Gasteiger partial charge on any atom is -0.466 e. The molecule has 0 spiro atoms. The van der Waals surface area contributed by atoms with E-state index >= 15 is 0 Å². The van der Waals surface area contributed by atoms with Gasteiger partial charge in [0.15, 0.2) is 0 Å². The maximum atomic E-state index is 12.6. The van der Waals surface area contributed by atoms with Gasteiger partial charge in [-0.25, -0.2) is 0 Å². The van der Waals surface area contributed by atoms with E-state index in [4.69, 9.17) is 4.74 Å². The monoisotopic (exact) mass is 1170 g/mol. The Bertz CT molecular complexity index is 1260. The molecule has 0 fully saturated rings. The summed E-state index contributed by atoms with van der Waals surface area (Å²) in [4.78, 5) is 24.7. The first-order valence-corrected chi connectivity index (χ1v) is 38.4. The van der Waals surface area contributed by atoms with Gasteiger partial charge in [0, 0.05) is 12.8 Å². The van der Waals surface area contributed by atoms with Crippen molar-refractivity contribution in [1.29, 1.82) is 0 Å². The Morgan fingerprint density at radius 1 is 0.325 bits per heavy atom. The number of hydrogen-bond donors (Lipinski definition) is 3. The van der Waals surface area contributed by atoms with Crippen molar-refractivity contribution >= 4 is 11.9 Å². The largest absolute Gasteiger partial charge is 0.466 e. The number of rotatable bonds is 73. The van der Waals surface area contributed by atoms with Crippen LogP contribution in [-0.4, -0.2) is 47.4 Å². The van der Waals surface area contributed by atoms with E-state index in [1.807, 2.05) is 0 Å². The fourth-order valence-corrected chi connectivity index (χ4v) is 12.5. The molecule has 0 aromatic heterocycles. The fraction of sp³-hybridized carbons (Fsp3) is 0.948. The van der Waals surface area contributed by atoms with E-state index in [-0.39, 0.29) is 18.5 Å². The summed E-state index contributed by atoms with van der Waals surface area (Å²) < 4.78 is 5.51. The van der Waals surface area contributed by atoms with Crippen LogP contribution in [0, 0.1) is 0 Å². The highest BCUT2D eigenvalue weighted by atomic mass is 16.5. The van der Waals surface area contributed by atoms with Crippen LogP contribution in [0.3, 0.4) is 0 Å². The summed E-state index contributed by atoms with van der Waals surface area (Å²) in [5.74, 6) is -0.00639. The van der Waals surface area contributed by atoms with Crippen molar-refractivity contribution in [2.45, 2.75) is 456 Å². The Kier molecular flexibility index (Phi) is 71.8. The van der Waals surface area contributed by atoms with Crippen LogP contribution in [0.5, 0.6) is 0 Å². The first-order chi connectivity index (χ1) is 41.0. The second-order valence-electron chi connectivity index (χ2n) is 26.7. The summed E-state index contributed by atoms with van der Waals surface area (Å²) in [7, 11) is 0. The zero-order chi connectivity index (χ0) is 59.9. The molecule has 0 radical (unpaired) electrons. The molecule has 0 aromatic rings. The molecular weight excluding hydrogens is 1020 g/mol. The summed E-state index contributed by atoms with van der Waals surface area (Å²) in [5.41, 5.74) is 0. The maximum Gasteiger partial charge on any atom is 0.305 e. The van der Waals surface area contributed by atoms with Gasteiger partial charge in [-0.3, -0.25) is 9.59 Å². The molecule has 0 aliphatic carbocycles. The molecule has 0 rings (SSSR count). The number of carbonyl (C=O) groups excluding carboxylic acids is 2. The molecule has 1 amide bonds. The molecule has 0 aliphatic rings. The standard InChI is InChI=1S/C77H151NO5/c1-3-5-7-9-11-13-15-17-19-21-22-35-38-41-45-49-53-57-61-65-69-75(80)74(73-79)78-76(81)70-66-62-58-54-50-46-42-39-36-33-31-29-27-25-23-24-26-28-30-32-34-37-40-44-48-52-56-60-64-68-72-83-77(82)71-67-63-59-55-51-47-43-20-18-16-14-12-10-8-6-4-2/h24,26,74-75,79-80H,3-23,25,27-73H2,1-2H3,(H,78,81)/b26-24-. The number of nitrogens with one attached hydrogen (secondary N) is 1. The van der Waals surface area contributed by atoms with Gasteiger partial charge in [0.2, 0.25) is 5.91 Å². The lowest BCUT2D eigenvalue weighted by Crippen LogP contribution is -2.45. The molecule has 0 saturated carbocycles. The van der Waals surface area contributed by atoms with Crippen LogP contribution in [0.15, 0.2) is 12.2 Å². The zero-order valence-corrected chi connectivity index (χ0v) is 56.7. The number of allylic oxidation sites excluding steroid dienone is 2. The first kappa shape index (κ1) is 81.6. The molecule has 2 atom stereocenters. The number of esters is 1. The SMILES string of the molecule is CCCCCCCCCCCCCCCCCCCCCCC(O)C(CO)NC(=O)CCCCCCCCCCCCCCCC/C=C\CCCCCCCCCCCCCCOC(=O)CCCCCCCCCCCCCCCCCC. The van der Waals surface area contributed by atoms with Gasteiger partial charge in [0.1, 0.15) is 0 Å². The number of aliphatic hydroxyl groups excluding tert-OH is 2. The third kappa shape index (κ3) is 69.6. The molecule has 0 bridgehead atoms. The van der Waals surface area contributed by atoms with Crippen LogP contribution in [0.2, 0.25) is 0 Å². The van der Waals surface area contributed by atoms with E-state index < -0.39 is 12.1 Å². The van der Waals surface area contributed by atoms with E-state index in [0.717, 1.165) is 38.5 Å². The number of hydrogen-bond acceptors (Lipinski definition) is 5. The Balaban J connectivity index is 3.35. The highest BCUT2D eigenvalue weighted by molar-refractivity contribution is 5.76. The van der Waals surface area contributed by atoms with Gasteiger partial charge in [0.05, 0.1) is 25.4 Å². The average Bonchev–Trinajstić information content (AvgIpc) is 3.49. The van der Waals surface area contributed by atoms with Gasteiger partial charge >= 0.3 is 5.97 Å². The normalized spacial score (nSPS) is 12.5. The lowest BCUT2D eigenvalue weighted by atomic mass is 10.0. The smallest absolute Gasteiger partial charge is 0.305 e. The van der Waals surface area contributed by atoms with Gasteiger partial charge in [-0.15, -0.1) is 0 Å². The van der Waals surface area contributed by atoms with Crippen molar-refractivity contribution in [2.24, 2.45) is 0 Å². The van der Waals surface area contributed by atoms with Gasteiger partial charge in [-0.05, 0) is 51.4 Å². The summed E-state index contributed by atoms with van der Waals surface area (Å²) in [6.07, 6.45) is 91.4. The number of unbranched alkanes of at least 4 members (excludes halogenated alkanes) is 60. The third-order valence-corrected chi connectivity index (χ3v) is 18.3. The lowest BCUT2D eigenvalue weighted by molar-refractivity contribution is -0.143. The Hall–Kier alpha value is -1.40. The van der Waals surface area contributed by atoms with Gasteiger partial charge in [0.25, 0.3) is 0 Å². The van der Waals surface area contributed by atoms with E-state index in [1.54, 1.807) is 0 Å². The van der Waals surface area contributed by atoms with Crippen LogP contribution in [0.4, 0.5) is 0 Å². The van der Waals surface area contributed by atoms with Gasteiger partial charge in [-0.2, -0.15) is 0 Å². The van der Waals surface area contributed by atoms with E-state index in [1.165, 1.54) is 372 Å². The van der Waals surface area contributed by atoms with Crippen molar-refractivity contribution in [1.82, 2.24) is 5.32 Å². The highest BCUT2D eigenvalue weighted by Gasteiger charge is 2.20. The summed E-state index contributed by atoms with van der Waals surface area (Å²) >= 11 is 0. The predicted octanol–water partition coefficient (Wildman–Crippen LogP) is 25.1. The van der Waals surface area contributed by atoms with Crippen molar-refractivity contribution < 1.29 is 24.5 Å². The van der Waals surface area contributed by atoms with Crippen molar-refractivity contribution in [2.75, 3.05) is 13.2 Å². The number of aliphatic hydroxyl groups is 2. The average molecular weight is 1170 g/mol. The third-order valence-electron chi connectivity index (χ3n) is 18.3. The number of carbonyl (C=O) groups is 2. The zero-order valence-electron chi connectivity index (χ0n) is 56.7. The summed E-state index contributed by atoms with van der Waals surface area (Å²) in [5, 5.41) is 23.4. The van der Waals surface area contributed by atoms with E-state index in [2.05, 4.69) is 31.3 Å². The quantitative estimate of drug-likeness (QED) is 0.0320. The molecule has 6 heteroatoms. The minimum atomic E-state index is -0.664. The second-order valence-corrected chi connectivity index (χ2v) is 26.7. The number of ether oxygens (including phenoxy) is 1. The molecule has 0 heterocycles. The highest BCUT2D eigenvalue weighted by Crippen LogP contribution is 2.20. The predicted molar refractivity (Wildman–Crippen MR) is 366 cm³/mol. The second kappa shape index (κ2) is 73.1. The molecule has 6 nitrogen and oxygen atoms in total. The van der Waals surface area contributed by atoms with Crippen LogP contribution >= 0.6 is 0 Å². The molecular formula is C77H151NO5. The van der Waals surface area contributed by atoms with Gasteiger partial charge in [-0.1, -0.05) is 392 Å². The van der Waals surface area contributed by atoms with Crippen LogP contribution < -0.4 is 5.32 Å². The van der Waals surface area contributed by atoms with Crippen LogP contribution in [0.1, 0.15) is 444 Å². The molecule has 2 unspecified atom stereocenters. The number of amides is 1. The Morgan fingerprint density at radius 2 is 0.566 bits per heavy atom. The molecule has 0 aliphatic heterocycles. The first-order valence-electron chi connectivity index (χ1n) is 38.4. The van der Waals surface area contributed by atoms with Crippen LogP contribution in [-0.2, 0) is 14.3 Å².